The number of benzene rings is 2. The van der Waals surface area contributed by atoms with Crippen LogP contribution in [0.4, 0.5) is 5.95 Å². The van der Waals surface area contributed by atoms with E-state index in [1.165, 1.54) is 0 Å². The maximum absolute atomic E-state index is 4.82. The van der Waals surface area contributed by atoms with E-state index in [2.05, 4.69) is 47.0 Å². The van der Waals surface area contributed by atoms with Crippen LogP contribution in [0.15, 0.2) is 72.8 Å². The number of nitrogens with zero attached hydrogens (tertiary/aromatic N) is 3. The van der Waals surface area contributed by atoms with Crippen molar-refractivity contribution >= 4 is 11.5 Å². The van der Waals surface area contributed by atoms with Crippen molar-refractivity contribution in [1.29, 1.82) is 0 Å². The lowest BCUT2D eigenvalue weighted by Gasteiger charge is -2.15. The minimum Gasteiger partial charge on any atom is -0.339 e. The van der Waals surface area contributed by atoms with Crippen molar-refractivity contribution in [3.05, 3.63) is 72.8 Å². The van der Waals surface area contributed by atoms with Crippen LogP contribution < -0.4 is 10.6 Å². The van der Waals surface area contributed by atoms with Crippen molar-refractivity contribution in [2.45, 2.75) is 13.1 Å². The molecule has 0 aliphatic carbocycles. The summed E-state index contributed by atoms with van der Waals surface area (Å²) in [6.45, 7) is 2.05. The smallest absolute Gasteiger partial charge is 0.226 e. The molecule has 1 atom stereocenters. The average Bonchev–Trinajstić information content (AvgIpc) is 3.14. The first-order valence-corrected chi connectivity index (χ1v) is 8.70. The number of rotatable bonds is 5. The standard InChI is InChI=1S/C21H21N5/c1-15(22-2)23-21-24-19(16-9-5-3-6-10-16)13-18-14-20(25-26(18)21)17-11-7-4-8-12-17/h3-15,22H,1-2H3,(H,23,24). The van der Waals surface area contributed by atoms with Crippen LogP contribution in [0.1, 0.15) is 6.92 Å². The van der Waals surface area contributed by atoms with Crippen LogP contribution in [0.25, 0.3) is 28.0 Å². The molecule has 0 bridgehead atoms. The zero-order valence-electron chi connectivity index (χ0n) is 14.8. The van der Waals surface area contributed by atoms with Crippen molar-refractivity contribution < 1.29 is 0 Å². The molecule has 0 aliphatic rings. The molecular weight excluding hydrogens is 322 g/mol. The van der Waals surface area contributed by atoms with Gasteiger partial charge in [-0.25, -0.2) is 4.98 Å². The number of fused-ring (bicyclic) bond motifs is 1. The largest absolute Gasteiger partial charge is 0.339 e. The van der Waals surface area contributed by atoms with Gasteiger partial charge in [-0.15, -0.1) is 0 Å². The Bertz CT molecular complexity index is 1010. The van der Waals surface area contributed by atoms with E-state index in [0.29, 0.717) is 5.95 Å². The zero-order valence-corrected chi connectivity index (χ0v) is 14.8. The summed E-state index contributed by atoms with van der Waals surface area (Å²) in [6, 6.07) is 24.6. The number of anilines is 1. The third-order valence-electron chi connectivity index (χ3n) is 4.37. The topological polar surface area (TPSA) is 54.2 Å². The molecule has 5 nitrogen and oxygen atoms in total. The molecule has 0 spiro atoms. The fourth-order valence-electron chi connectivity index (χ4n) is 2.87. The van der Waals surface area contributed by atoms with Gasteiger partial charge in [0.2, 0.25) is 5.95 Å². The Morgan fingerprint density at radius 1 is 0.846 bits per heavy atom. The molecule has 5 heteroatoms. The fraction of sp³-hybridized carbons (Fsp3) is 0.143. The van der Waals surface area contributed by atoms with Gasteiger partial charge in [-0.3, -0.25) is 0 Å². The van der Waals surface area contributed by atoms with Gasteiger partial charge >= 0.3 is 0 Å². The number of nitrogens with one attached hydrogen (secondary N) is 2. The molecule has 2 N–H and O–H groups in total. The van der Waals surface area contributed by atoms with Crippen LogP contribution in [0.2, 0.25) is 0 Å². The monoisotopic (exact) mass is 343 g/mol. The first kappa shape index (κ1) is 16.3. The van der Waals surface area contributed by atoms with Crippen LogP contribution in [-0.2, 0) is 0 Å². The molecule has 1 unspecified atom stereocenters. The molecule has 0 saturated heterocycles. The molecule has 0 radical (unpaired) electrons. The Morgan fingerprint density at radius 3 is 2.04 bits per heavy atom. The number of hydrogen-bond acceptors (Lipinski definition) is 4. The van der Waals surface area contributed by atoms with E-state index < -0.39 is 0 Å². The van der Waals surface area contributed by atoms with Crippen LogP contribution in [0, 0.1) is 0 Å². The lowest BCUT2D eigenvalue weighted by Crippen LogP contribution is -2.31. The van der Waals surface area contributed by atoms with Crippen LogP contribution in [0.5, 0.6) is 0 Å². The van der Waals surface area contributed by atoms with Crippen LogP contribution in [-0.4, -0.2) is 27.8 Å². The van der Waals surface area contributed by atoms with Gasteiger partial charge in [0.05, 0.1) is 23.1 Å². The maximum Gasteiger partial charge on any atom is 0.226 e. The molecule has 0 fully saturated rings. The van der Waals surface area contributed by atoms with E-state index in [-0.39, 0.29) is 6.17 Å². The summed E-state index contributed by atoms with van der Waals surface area (Å²) in [7, 11) is 1.91. The fourth-order valence-corrected chi connectivity index (χ4v) is 2.87. The van der Waals surface area contributed by atoms with Crippen molar-refractivity contribution in [1.82, 2.24) is 19.9 Å². The molecule has 130 valence electrons. The second-order valence-electron chi connectivity index (χ2n) is 6.22. The van der Waals surface area contributed by atoms with E-state index in [4.69, 9.17) is 10.1 Å². The number of aromatic nitrogens is 3. The Labute approximate surface area is 152 Å². The van der Waals surface area contributed by atoms with Gasteiger partial charge in [-0.05, 0) is 26.1 Å². The Kier molecular flexibility index (Phi) is 4.37. The molecule has 26 heavy (non-hydrogen) atoms. The molecule has 4 aromatic rings. The van der Waals surface area contributed by atoms with Crippen LogP contribution >= 0.6 is 0 Å². The van der Waals surface area contributed by atoms with Crippen LogP contribution in [0.3, 0.4) is 0 Å². The van der Waals surface area contributed by atoms with Gasteiger partial charge in [-0.1, -0.05) is 60.7 Å². The molecule has 2 aromatic carbocycles. The van der Waals surface area contributed by atoms with Gasteiger partial charge < -0.3 is 10.6 Å². The molecular formula is C21H21N5. The highest BCUT2D eigenvalue weighted by molar-refractivity contribution is 5.72. The summed E-state index contributed by atoms with van der Waals surface area (Å²) in [5.41, 5.74) is 5.02. The molecule has 0 saturated carbocycles. The minimum atomic E-state index is 0.0705. The summed E-state index contributed by atoms with van der Waals surface area (Å²) in [5.74, 6) is 0.713. The Balaban J connectivity index is 1.88. The number of hydrogen-bond donors (Lipinski definition) is 2. The molecule has 2 aromatic heterocycles. The highest BCUT2D eigenvalue weighted by Crippen LogP contribution is 2.26. The van der Waals surface area contributed by atoms with E-state index in [1.807, 2.05) is 54.9 Å². The van der Waals surface area contributed by atoms with Gasteiger partial charge in [-0.2, -0.15) is 9.61 Å². The van der Waals surface area contributed by atoms with E-state index >= 15 is 0 Å². The SMILES string of the molecule is CNC(C)Nc1nc(-c2ccccc2)cc2cc(-c3ccccc3)nn12. The molecule has 4 rings (SSSR count). The Hall–Kier alpha value is -3.18. The average molecular weight is 343 g/mol. The summed E-state index contributed by atoms with van der Waals surface area (Å²) < 4.78 is 1.86. The lowest BCUT2D eigenvalue weighted by atomic mass is 10.1. The second-order valence-corrected chi connectivity index (χ2v) is 6.22. The molecule has 2 heterocycles. The van der Waals surface area contributed by atoms with Gasteiger partial charge in [0.15, 0.2) is 0 Å². The maximum atomic E-state index is 4.82. The summed E-state index contributed by atoms with van der Waals surface area (Å²) in [6.07, 6.45) is 0.0705. The first-order chi connectivity index (χ1) is 12.7. The quantitative estimate of drug-likeness (QED) is 0.537. The second kappa shape index (κ2) is 6.98. The van der Waals surface area contributed by atoms with E-state index in [9.17, 15) is 0 Å². The normalized spacial score (nSPS) is 12.2. The predicted octanol–water partition coefficient (Wildman–Crippen LogP) is 4.04. The molecule has 0 aliphatic heterocycles. The zero-order chi connectivity index (χ0) is 17.9. The Morgan fingerprint density at radius 2 is 1.42 bits per heavy atom. The molecule has 0 amide bonds. The first-order valence-electron chi connectivity index (χ1n) is 8.70. The third-order valence-corrected chi connectivity index (χ3v) is 4.37. The predicted molar refractivity (Wildman–Crippen MR) is 106 cm³/mol. The van der Waals surface area contributed by atoms with Crippen molar-refractivity contribution in [2.75, 3.05) is 12.4 Å². The van der Waals surface area contributed by atoms with E-state index in [0.717, 1.165) is 28.0 Å². The van der Waals surface area contributed by atoms with Gasteiger partial charge in [0.1, 0.15) is 0 Å². The van der Waals surface area contributed by atoms with Crippen molar-refractivity contribution in [2.24, 2.45) is 0 Å². The summed E-state index contributed by atoms with van der Waals surface area (Å²) in [4.78, 5) is 4.82. The van der Waals surface area contributed by atoms with Gasteiger partial charge in [0.25, 0.3) is 0 Å². The summed E-state index contributed by atoms with van der Waals surface area (Å²) in [5, 5.41) is 11.3. The van der Waals surface area contributed by atoms with Crippen molar-refractivity contribution in [3.63, 3.8) is 0 Å². The highest BCUT2D eigenvalue weighted by atomic mass is 15.3. The lowest BCUT2D eigenvalue weighted by molar-refractivity contribution is 0.669. The van der Waals surface area contributed by atoms with Crippen molar-refractivity contribution in [3.8, 4) is 22.5 Å². The van der Waals surface area contributed by atoms with Gasteiger partial charge in [0, 0.05) is 11.1 Å². The summed E-state index contributed by atoms with van der Waals surface area (Å²) >= 11 is 0. The minimum absolute atomic E-state index is 0.0705. The third kappa shape index (κ3) is 3.17. The highest BCUT2D eigenvalue weighted by Gasteiger charge is 2.13. The van der Waals surface area contributed by atoms with E-state index in [1.54, 1.807) is 0 Å².